The first-order chi connectivity index (χ1) is 12.7. The third-order valence-corrected chi connectivity index (χ3v) is 6.40. The maximum atomic E-state index is 9.67. The van der Waals surface area contributed by atoms with Gasteiger partial charge in [0, 0.05) is 44.2 Å². The summed E-state index contributed by atoms with van der Waals surface area (Å²) in [6.45, 7) is 5.81. The fourth-order valence-electron chi connectivity index (χ4n) is 4.08. The van der Waals surface area contributed by atoms with Crippen molar-refractivity contribution >= 4 is 11.3 Å². The van der Waals surface area contributed by atoms with Crippen molar-refractivity contribution in [3.8, 4) is 0 Å². The Morgan fingerprint density at radius 1 is 1.12 bits per heavy atom. The molecule has 8 heteroatoms. The first kappa shape index (κ1) is 18.0. The van der Waals surface area contributed by atoms with Crippen molar-refractivity contribution in [1.29, 1.82) is 0 Å². The molecule has 1 N–H and O–H groups in total. The van der Waals surface area contributed by atoms with Crippen LogP contribution in [-0.2, 0) is 20.1 Å². The molecule has 26 heavy (non-hydrogen) atoms. The Bertz CT molecular complexity index is 695. The topological polar surface area (TPSA) is 70.3 Å². The van der Waals surface area contributed by atoms with E-state index in [0.717, 1.165) is 63.8 Å². The van der Waals surface area contributed by atoms with E-state index in [1.807, 2.05) is 11.6 Å². The lowest BCUT2D eigenvalue weighted by atomic mass is 9.97. The number of aromatic nitrogens is 4. The lowest BCUT2D eigenvalue weighted by Gasteiger charge is -2.31. The molecule has 2 saturated heterocycles. The molecule has 0 saturated carbocycles. The van der Waals surface area contributed by atoms with E-state index in [2.05, 4.69) is 36.6 Å². The number of hydrogen-bond acceptors (Lipinski definition) is 7. The van der Waals surface area contributed by atoms with Crippen LogP contribution in [-0.4, -0.2) is 66.9 Å². The highest BCUT2D eigenvalue weighted by atomic mass is 32.1. The molecule has 0 aliphatic carbocycles. The summed E-state index contributed by atoms with van der Waals surface area (Å²) in [5, 5.41) is 21.9. The first-order valence-corrected chi connectivity index (χ1v) is 10.5. The Balaban J connectivity index is 1.38. The van der Waals surface area contributed by atoms with Gasteiger partial charge in [0.1, 0.15) is 16.7 Å². The van der Waals surface area contributed by atoms with E-state index in [-0.39, 0.29) is 6.10 Å². The van der Waals surface area contributed by atoms with Crippen molar-refractivity contribution < 1.29 is 5.11 Å². The summed E-state index contributed by atoms with van der Waals surface area (Å²) in [7, 11) is 2.10. The van der Waals surface area contributed by atoms with Crippen LogP contribution < -0.4 is 0 Å². The normalized spacial score (nSPS) is 23.5. The van der Waals surface area contributed by atoms with Crippen LogP contribution in [0.2, 0.25) is 0 Å². The smallest absolute Gasteiger partial charge is 0.146 e. The van der Waals surface area contributed by atoms with E-state index >= 15 is 0 Å². The van der Waals surface area contributed by atoms with Crippen molar-refractivity contribution in [2.75, 3.05) is 26.2 Å². The van der Waals surface area contributed by atoms with Crippen molar-refractivity contribution in [3.63, 3.8) is 0 Å². The summed E-state index contributed by atoms with van der Waals surface area (Å²) >= 11 is 1.73. The number of piperidine rings is 2. The predicted octanol–water partition coefficient (Wildman–Crippen LogP) is 1.61. The second-order valence-corrected chi connectivity index (χ2v) is 8.52. The average molecular weight is 377 g/mol. The molecule has 2 aliphatic heterocycles. The number of rotatable bonds is 5. The van der Waals surface area contributed by atoms with Gasteiger partial charge in [-0.15, -0.1) is 21.5 Å². The molecule has 4 heterocycles. The third kappa shape index (κ3) is 4.14. The molecule has 2 aliphatic rings. The largest absolute Gasteiger partial charge is 0.393 e. The Morgan fingerprint density at radius 3 is 2.73 bits per heavy atom. The zero-order chi connectivity index (χ0) is 17.9. The van der Waals surface area contributed by atoms with Crippen LogP contribution in [0.4, 0.5) is 0 Å². The molecule has 1 atom stereocenters. The SMILES string of the molecule is Cn1c(CN2CCC(O)CC2)nnc1[C@H]1CCCN(Cc2nccs2)C1. The average Bonchev–Trinajstić information content (AvgIpc) is 3.28. The van der Waals surface area contributed by atoms with Crippen molar-refractivity contribution in [1.82, 2.24) is 29.5 Å². The number of nitrogens with zero attached hydrogens (tertiary/aromatic N) is 6. The van der Waals surface area contributed by atoms with Gasteiger partial charge < -0.3 is 9.67 Å². The zero-order valence-corrected chi connectivity index (χ0v) is 16.2. The minimum atomic E-state index is -0.132. The Hall–Kier alpha value is -1.35. The van der Waals surface area contributed by atoms with Gasteiger partial charge in [-0.1, -0.05) is 0 Å². The summed E-state index contributed by atoms with van der Waals surface area (Å²) in [6, 6.07) is 0. The predicted molar refractivity (Wildman–Crippen MR) is 101 cm³/mol. The summed E-state index contributed by atoms with van der Waals surface area (Å²) in [5.41, 5.74) is 0. The molecule has 0 amide bonds. The van der Waals surface area contributed by atoms with Gasteiger partial charge >= 0.3 is 0 Å². The van der Waals surface area contributed by atoms with Crippen LogP contribution in [0.3, 0.4) is 0 Å². The number of aliphatic hydroxyl groups is 1. The van der Waals surface area contributed by atoms with E-state index in [9.17, 15) is 5.11 Å². The summed E-state index contributed by atoms with van der Waals surface area (Å²) in [6.07, 6.45) is 5.85. The number of aliphatic hydroxyl groups excluding tert-OH is 1. The molecule has 2 aromatic heterocycles. The fourth-order valence-corrected chi connectivity index (χ4v) is 4.74. The van der Waals surface area contributed by atoms with Gasteiger partial charge in [0.05, 0.1) is 19.2 Å². The Labute approximate surface area is 158 Å². The molecule has 0 radical (unpaired) electrons. The van der Waals surface area contributed by atoms with Gasteiger partial charge in [-0.2, -0.15) is 0 Å². The van der Waals surface area contributed by atoms with Crippen molar-refractivity contribution in [2.24, 2.45) is 7.05 Å². The van der Waals surface area contributed by atoms with E-state index in [1.165, 1.54) is 17.8 Å². The standard InChI is InChI=1S/C18H28N6OS/c1-22-16(12-23-8-4-15(25)5-9-23)20-21-18(22)14-3-2-7-24(11-14)13-17-19-6-10-26-17/h6,10,14-15,25H,2-5,7-9,11-13H2,1H3/t14-/m0/s1. The quantitative estimate of drug-likeness (QED) is 0.855. The molecule has 0 aromatic carbocycles. The summed E-state index contributed by atoms with van der Waals surface area (Å²) < 4.78 is 2.20. The van der Waals surface area contributed by atoms with Crippen LogP contribution >= 0.6 is 11.3 Å². The molecule has 4 rings (SSSR count). The summed E-state index contributed by atoms with van der Waals surface area (Å²) in [5.74, 6) is 2.59. The van der Waals surface area contributed by atoms with Gasteiger partial charge in [-0.3, -0.25) is 9.80 Å². The van der Waals surface area contributed by atoms with Crippen LogP contribution in [0.1, 0.15) is 48.3 Å². The van der Waals surface area contributed by atoms with E-state index in [0.29, 0.717) is 5.92 Å². The molecule has 2 aromatic rings. The molecule has 142 valence electrons. The highest BCUT2D eigenvalue weighted by molar-refractivity contribution is 7.09. The lowest BCUT2D eigenvalue weighted by molar-refractivity contribution is 0.0775. The Kier molecular flexibility index (Phi) is 5.63. The van der Waals surface area contributed by atoms with Crippen LogP contribution in [0.5, 0.6) is 0 Å². The van der Waals surface area contributed by atoms with Gasteiger partial charge in [0.25, 0.3) is 0 Å². The highest BCUT2D eigenvalue weighted by Crippen LogP contribution is 2.27. The Morgan fingerprint density at radius 2 is 1.96 bits per heavy atom. The van der Waals surface area contributed by atoms with Crippen LogP contribution in [0, 0.1) is 0 Å². The van der Waals surface area contributed by atoms with Gasteiger partial charge in [0.15, 0.2) is 0 Å². The fraction of sp³-hybridized carbons (Fsp3) is 0.722. The van der Waals surface area contributed by atoms with E-state index in [4.69, 9.17) is 0 Å². The molecule has 0 unspecified atom stereocenters. The zero-order valence-electron chi connectivity index (χ0n) is 15.4. The maximum Gasteiger partial charge on any atom is 0.146 e. The van der Waals surface area contributed by atoms with Crippen molar-refractivity contribution in [3.05, 3.63) is 28.2 Å². The molecule has 2 fully saturated rings. The summed E-state index contributed by atoms with van der Waals surface area (Å²) in [4.78, 5) is 9.29. The van der Waals surface area contributed by atoms with Crippen LogP contribution in [0.25, 0.3) is 0 Å². The van der Waals surface area contributed by atoms with Gasteiger partial charge in [-0.05, 0) is 32.2 Å². The van der Waals surface area contributed by atoms with Crippen LogP contribution in [0.15, 0.2) is 11.6 Å². The van der Waals surface area contributed by atoms with Gasteiger partial charge in [0.2, 0.25) is 0 Å². The number of thiazole rings is 1. The van der Waals surface area contributed by atoms with Crippen molar-refractivity contribution in [2.45, 2.75) is 50.8 Å². The minimum Gasteiger partial charge on any atom is -0.393 e. The highest BCUT2D eigenvalue weighted by Gasteiger charge is 2.27. The third-order valence-electron chi connectivity index (χ3n) is 5.63. The van der Waals surface area contributed by atoms with E-state index < -0.39 is 0 Å². The monoisotopic (exact) mass is 376 g/mol. The second-order valence-electron chi connectivity index (χ2n) is 7.54. The maximum absolute atomic E-state index is 9.67. The molecular formula is C18H28N6OS. The van der Waals surface area contributed by atoms with E-state index in [1.54, 1.807) is 11.3 Å². The number of likely N-dealkylation sites (tertiary alicyclic amines) is 2. The number of hydrogen-bond donors (Lipinski definition) is 1. The first-order valence-electron chi connectivity index (χ1n) is 9.58. The van der Waals surface area contributed by atoms with Gasteiger partial charge in [-0.25, -0.2) is 4.98 Å². The second kappa shape index (κ2) is 8.12. The molecule has 0 bridgehead atoms. The lowest BCUT2D eigenvalue weighted by Crippen LogP contribution is -2.36. The minimum absolute atomic E-state index is 0.132. The molecular weight excluding hydrogens is 348 g/mol. The molecule has 0 spiro atoms. The molecule has 7 nitrogen and oxygen atoms in total.